The Labute approximate surface area is 117 Å². The number of carbonyl (C=O) groups is 1. The molecule has 0 aliphatic rings. The number of rotatable bonds is 4. The van der Waals surface area contributed by atoms with Crippen LogP contribution in [0, 0.1) is 20.8 Å². The Kier molecular flexibility index (Phi) is 3.90. The maximum atomic E-state index is 11.3. The second kappa shape index (κ2) is 5.46. The topological polar surface area (TPSA) is 64.3 Å². The second-order valence-electron chi connectivity index (χ2n) is 4.90. The van der Waals surface area contributed by atoms with Crippen molar-refractivity contribution in [2.45, 2.75) is 27.4 Å². The van der Waals surface area contributed by atoms with E-state index >= 15 is 0 Å². The van der Waals surface area contributed by atoms with Gasteiger partial charge in [-0.3, -0.25) is 0 Å². The molecule has 0 fully saturated rings. The molecular formula is C15H18N2O3. The Hall–Kier alpha value is -2.14. The second-order valence-corrected chi connectivity index (χ2v) is 4.90. The minimum atomic E-state index is -0.995. The summed E-state index contributed by atoms with van der Waals surface area (Å²) in [7, 11) is 1.54. The minimum Gasteiger partial charge on any atom is -0.478 e. The lowest BCUT2D eigenvalue weighted by Gasteiger charge is -2.14. The normalized spacial score (nSPS) is 10.8. The third-order valence-electron chi connectivity index (χ3n) is 3.23. The largest absolute Gasteiger partial charge is 0.478 e. The van der Waals surface area contributed by atoms with E-state index in [0.717, 1.165) is 16.8 Å². The lowest BCUT2D eigenvalue weighted by Crippen LogP contribution is -2.10. The fourth-order valence-electron chi connectivity index (χ4n) is 2.53. The third-order valence-corrected chi connectivity index (χ3v) is 3.23. The van der Waals surface area contributed by atoms with Gasteiger partial charge >= 0.3 is 5.97 Å². The molecule has 0 aliphatic carbocycles. The van der Waals surface area contributed by atoms with Crippen molar-refractivity contribution in [1.29, 1.82) is 0 Å². The van der Waals surface area contributed by atoms with Gasteiger partial charge in [0, 0.05) is 7.11 Å². The summed E-state index contributed by atoms with van der Waals surface area (Å²) in [6.07, 6.45) is 1.37. The molecule has 0 atom stereocenters. The molecule has 0 amide bonds. The smallest absolute Gasteiger partial charge is 0.339 e. The van der Waals surface area contributed by atoms with Crippen LogP contribution < -0.4 is 0 Å². The van der Waals surface area contributed by atoms with Gasteiger partial charge in [-0.2, -0.15) is 5.10 Å². The molecule has 2 rings (SSSR count). The predicted octanol–water partition coefficient (Wildman–Crippen LogP) is 2.64. The fraction of sp³-hybridized carbons (Fsp3) is 0.333. The summed E-state index contributed by atoms with van der Waals surface area (Å²) < 4.78 is 6.78. The molecular weight excluding hydrogens is 256 g/mol. The maximum absolute atomic E-state index is 11.3. The maximum Gasteiger partial charge on any atom is 0.339 e. The van der Waals surface area contributed by atoms with Crippen LogP contribution in [-0.2, 0) is 11.3 Å². The molecule has 0 spiro atoms. The number of aromatic nitrogens is 2. The molecule has 5 heteroatoms. The molecule has 106 valence electrons. The lowest BCUT2D eigenvalue weighted by molar-refractivity contribution is 0.0691. The van der Waals surface area contributed by atoms with Gasteiger partial charge in [0.05, 0.1) is 24.2 Å². The highest BCUT2D eigenvalue weighted by Gasteiger charge is 2.19. The van der Waals surface area contributed by atoms with Crippen LogP contribution in [0.2, 0.25) is 0 Å². The van der Waals surface area contributed by atoms with Gasteiger partial charge in [-0.25, -0.2) is 9.48 Å². The standard InChI is InChI=1S/C15H18N2O3/c1-9-5-10(2)14(11(3)6-9)17-13(8-20-4)12(7-16-17)15(18)19/h5-7H,8H2,1-4H3,(H,18,19). The summed E-state index contributed by atoms with van der Waals surface area (Å²) in [6.45, 7) is 6.22. The van der Waals surface area contributed by atoms with Crippen molar-refractivity contribution in [3.05, 3.63) is 46.3 Å². The van der Waals surface area contributed by atoms with E-state index in [4.69, 9.17) is 4.74 Å². The van der Waals surface area contributed by atoms with Gasteiger partial charge in [0.2, 0.25) is 0 Å². The molecule has 0 bridgehead atoms. The van der Waals surface area contributed by atoms with E-state index in [0.29, 0.717) is 5.69 Å². The molecule has 20 heavy (non-hydrogen) atoms. The van der Waals surface area contributed by atoms with Gasteiger partial charge in [-0.1, -0.05) is 17.7 Å². The summed E-state index contributed by atoms with van der Waals surface area (Å²) >= 11 is 0. The molecule has 1 aromatic heterocycles. The highest BCUT2D eigenvalue weighted by Crippen LogP contribution is 2.24. The number of aryl methyl sites for hydroxylation is 3. The number of aromatic carboxylic acids is 1. The Morgan fingerprint density at radius 1 is 1.30 bits per heavy atom. The van der Waals surface area contributed by atoms with Crippen molar-refractivity contribution in [2.75, 3.05) is 7.11 Å². The number of nitrogens with zero attached hydrogens (tertiary/aromatic N) is 2. The van der Waals surface area contributed by atoms with Gasteiger partial charge in [0.1, 0.15) is 5.56 Å². The first kappa shape index (κ1) is 14.3. The average Bonchev–Trinajstić information content (AvgIpc) is 2.72. The number of methoxy groups -OCH3 is 1. The molecule has 1 N–H and O–H groups in total. The Morgan fingerprint density at radius 2 is 1.90 bits per heavy atom. The van der Waals surface area contributed by atoms with Crippen LogP contribution >= 0.6 is 0 Å². The highest BCUT2D eigenvalue weighted by molar-refractivity contribution is 5.88. The molecule has 1 heterocycles. The van der Waals surface area contributed by atoms with Crippen molar-refractivity contribution in [1.82, 2.24) is 9.78 Å². The minimum absolute atomic E-state index is 0.172. The summed E-state index contributed by atoms with van der Waals surface area (Å²) in [4.78, 5) is 11.3. The lowest BCUT2D eigenvalue weighted by atomic mass is 10.0. The number of carboxylic acids is 1. The van der Waals surface area contributed by atoms with E-state index in [1.807, 2.05) is 20.8 Å². The van der Waals surface area contributed by atoms with Crippen molar-refractivity contribution >= 4 is 5.97 Å². The Bertz CT molecular complexity index is 636. The zero-order chi connectivity index (χ0) is 14.9. The van der Waals surface area contributed by atoms with E-state index in [2.05, 4.69) is 17.2 Å². The van der Waals surface area contributed by atoms with Crippen LogP contribution in [0.4, 0.5) is 0 Å². The predicted molar refractivity (Wildman–Crippen MR) is 75.4 cm³/mol. The van der Waals surface area contributed by atoms with E-state index in [1.54, 1.807) is 4.68 Å². The SMILES string of the molecule is COCc1c(C(=O)O)cnn1-c1c(C)cc(C)cc1C. The molecule has 0 saturated carbocycles. The summed E-state index contributed by atoms with van der Waals surface area (Å²) in [5, 5.41) is 13.5. The zero-order valence-electron chi connectivity index (χ0n) is 12.1. The van der Waals surface area contributed by atoms with Gasteiger partial charge in [0.15, 0.2) is 0 Å². The first-order chi connectivity index (χ1) is 9.45. The summed E-state index contributed by atoms with van der Waals surface area (Å²) in [5.41, 5.74) is 4.92. The first-order valence-corrected chi connectivity index (χ1v) is 6.33. The average molecular weight is 274 g/mol. The number of ether oxygens (including phenoxy) is 1. The van der Waals surface area contributed by atoms with Crippen LogP contribution in [0.5, 0.6) is 0 Å². The highest BCUT2D eigenvalue weighted by atomic mass is 16.5. The molecule has 1 aromatic carbocycles. The van der Waals surface area contributed by atoms with E-state index in [-0.39, 0.29) is 12.2 Å². The molecule has 0 aliphatic heterocycles. The van der Waals surface area contributed by atoms with E-state index < -0.39 is 5.97 Å². The molecule has 0 radical (unpaired) electrons. The van der Waals surface area contributed by atoms with E-state index in [1.165, 1.54) is 18.9 Å². The molecule has 5 nitrogen and oxygen atoms in total. The van der Waals surface area contributed by atoms with Crippen LogP contribution in [-0.4, -0.2) is 28.0 Å². The van der Waals surface area contributed by atoms with Gasteiger partial charge < -0.3 is 9.84 Å². The summed E-state index contributed by atoms with van der Waals surface area (Å²) in [6, 6.07) is 4.11. The number of benzene rings is 1. The Morgan fingerprint density at radius 3 is 2.40 bits per heavy atom. The van der Waals surface area contributed by atoms with Gasteiger partial charge in [0.25, 0.3) is 0 Å². The molecule has 0 unspecified atom stereocenters. The molecule has 0 saturated heterocycles. The van der Waals surface area contributed by atoms with E-state index in [9.17, 15) is 9.90 Å². The van der Waals surface area contributed by atoms with Crippen LogP contribution in [0.15, 0.2) is 18.3 Å². The van der Waals surface area contributed by atoms with Crippen molar-refractivity contribution in [3.8, 4) is 5.69 Å². The van der Waals surface area contributed by atoms with Crippen molar-refractivity contribution in [3.63, 3.8) is 0 Å². The third kappa shape index (κ3) is 2.44. The van der Waals surface area contributed by atoms with Crippen LogP contribution in [0.1, 0.15) is 32.7 Å². The molecule has 2 aromatic rings. The van der Waals surface area contributed by atoms with Crippen molar-refractivity contribution < 1.29 is 14.6 Å². The fourth-order valence-corrected chi connectivity index (χ4v) is 2.53. The van der Waals surface area contributed by atoms with Gasteiger partial charge in [-0.05, 0) is 31.9 Å². The zero-order valence-corrected chi connectivity index (χ0v) is 12.1. The number of hydrogen-bond acceptors (Lipinski definition) is 3. The quantitative estimate of drug-likeness (QED) is 0.931. The van der Waals surface area contributed by atoms with Crippen LogP contribution in [0.25, 0.3) is 5.69 Å². The number of hydrogen-bond donors (Lipinski definition) is 1. The monoisotopic (exact) mass is 274 g/mol. The number of carboxylic acid groups (broad SMARTS) is 1. The Balaban J connectivity index is 2.67. The summed E-state index contributed by atoms with van der Waals surface area (Å²) in [5.74, 6) is -0.995. The van der Waals surface area contributed by atoms with Crippen molar-refractivity contribution in [2.24, 2.45) is 0 Å². The van der Waals surface area contributed by atoms with Gasteiger partial charge in [-0.15, -0.1) is 0 Å². The first-order valence-electron chi connectivity index (χ1n) is 6.33. The van der Waals surface area contributed by atoms with Crippen LogP contribution in [0.3, 0.4) is 0 Å².